The smallest absolute Gasteiger partial charge is 0.227 e. The van der Waals surface area contributed by atoms with Crippen molar-refractivity contribution in [1.82, 2.24) is 0 Å². The molecule has 0 aliphatic carbocycles. The molecule has 1 fully saturated rings. The number of thiol groups is 1. The Morgan fingerprint density at radius 1 is 1.47 bits per heavy atom. The minimum absolute atomic E-state index is 0.163. The van der Waals surface area contributed by atoms with E-state index in [0.717, 1.165) is 23.7 Å². The summed E-state index contributed by atoms with van der Waals surface area (Å²) in [6, 6.07) is 7.69. The molecule has 1 aliphatic rings. The monoisotopic (exact) mass is 251 g/mol. The first-order valence-corrected chi connectivity index (χ1v) is 6.52. The van der Waals surface area contributed by atoms with Gasteiger partial charge in [0.1, 0.15) is 5.75 Å². The molecule has 17 heavy (non-hydrogen) atoms. The van der Waals surface area contributed by atoms with Crippen LogP contribution in [0.15, 0.2) is 24.3 Å². The maximum atomic E-state index is 11.9. The number of para-hydroxylation sites is 2. The van der Waals surface area contributed by atoms with Gasteiger partial charge in [-0.15, -0.1) is 0 Å². The van der Waals surface area contributed by atoms with Gasteiger partial charge in [0.15, 0.2) is 0 Å². The molecule has 1 saturated heterocycles. The molecule has 1 aromatic carbocycles. The predicted octanol–water partition coefficient (Wildman–Crippen LogP) is 2.37. The third kappa shape index (κ3) is 2.57. The molecule has 0 bridgehead atoms. The first-order valence-electron chi connectivity index (χ1n) is 5.89. The van der Waals surface area contributed by atoms with Gasteiger partial charge in [0.2, 0.25) is 5.91 Å². The number of hydrogen-bond acceptors (Lipinski definition) is 3. The molecule has 4 heteroatoms. The van der Waals surface area contributed by atoms with Crippen LogP contribution >= 0.6 is 12.6 Å². The van der Waals surface area contributed by atoms with Crippen molar-refractivity contribution < 1.29 is 9.53 Å². The molecule has 1 unspecified atom stereocenters. The van der Waals surface area contributed by atoms with Crippen LogP contribution in [-0.4, -0.2) is 24.8 Å². The Kier molecular flexibility index (Phi) is 3.94. The number of ether oxygens (including phenoxy) is 1. The average molecular weight is 251 g/mol. The minimum Gasteiger partial charge on any atom is -0.492 e. The summed E-state index contributed by atoms with van der Waals surface area (Å²) in [6.45, 7) is 3.29. The molecule has 0 N–H and O–H groups in total. The van der Waals surface area contributed by atoms with Crippen molar-refractivity contribution in [3.8, 4) is 5.75 Å². The molecule has 1 amide bonds. The van der Waals surface area contributed by atoms with Crippen LogP contribution in [-0.2, 0) is 4.79 Å². The largest absolute Gasteiger partial charge is 0.492 e. The zero-order valence-electron chi connectivity index (χ0n) is 9.93. The van der Waals surface area contributed by atoms with Crippen molar-refractivity contribution in [2.24, 2.45) is 5.92 Å². The summed E-state index contributed by atoms with van der Waals surface area (Å²) in [5, 5.41) is 0. The van der Waals surface area contributed by atoms with Crippen molar-refractivity contribution >= 4 is 24.2 Å². The van der Waals surface area contributed by atoms with Gasteiger partial charge in [0.25, 0.3) is 0 Å². The number of amides is 1. The molecule has 3 nitrogen and oxygen atoms in total. The van der Waals surface area contributed by atoms with E-state index in [4.69, 9.17) is 4.74 Å². The van der Waals surface area contributed by atoms with Gasteiger partial charge in [-0.25, -0.2) is 0 Å². The SMILES string of the molecule is CCOc1ccccc1N1CC(CS)CC1=O. The highest BCUT2D eigenvalue weighted by atomic mass is 32.1. The van der Waals surface area contributed by atoms with Gasteiger partial charge in [0, 0.05) is 13.0 Å². The number of hydrogen-bond donors (Lipinski definition) is 1. The Bertz CT molecular complexity index is 408. The van der Waals surface area contributed by atoms with Gasteiger partial charge in [-0.1, -0.05) is 12.1 Å². The number of benzene rings is 1. The van der Waals surface area contributed by atoms with Gasteiger partial charge < -0.3 is 9.64 Å². The second kappa shape index (κ2) is 5.45. The molecule has 1 atom stereocenters. The average Bonchev–Trinajstić information content (AvgIpc) is 2.72. The van der Waals surface area contributed by atoms with Crippen LogP contribution in [0.25, 0.3) is 0 Å². The lowest BCUT2D eigenvalue weighted by Crippen LogP contribution is -2.25. The van der Waals surface area contributed by atoms with E-state index in [1.54, 1.807) is 0 Å². The maximum Gasteiger partial charge on any atom is 0.227 e. The Morgan fingerprint density at radius 2 is 2.24 bits per heavy atom. The highest BCUT2D eigenvalue weighted by Crippen LogP contribution is 2.33. The molecule has 1 aromatic rings. The Labute approximate surface area is 107 Å². The molecule has 92 valence electrons. The zero-order valence-corrected chi connectivity index (χ0v) is 10.8. The summed E-state index contributed by atoms with van der Waals surface area (Å²) in [4.78, 5) is 13.7. The summed E-state index contributed by atoms with van der Waals surface area (Å²) in [6.07, 6.45) is 0.587. The van der Waals surface area contributed by atoms with Gasteiger partial charge in [-0.05, 0) is 30.7 Å². The molecular formula is C13H17NO2S. The highest BCUT2D eigenvalue weighted by Gasteiger charge is 2.31. The number of carbonyl (C=O) groups is 1. The fourth-order valence-electron chi connectivity index (χ4n) is 2.09. The van der Waals surface area contributed by atoms with Crippen LogP contribution in [0.5, 0.6) is 5.75 Å². The fourth-order valence-corrected chi connectivity index (χ4v) is 2.34. The fraction of sp³-hybridized carbons (Fsp3) is 0.462. The van der Waals surface area contributed by atoms with E-state index >= 15 is 0 Å². The molecule has 1 heterocycles. The number of carbonyl (C=O) groups excluding carboxylic acids is 1. The van der Waals surface area contributed by atoms with Crippen LogP contribution in [0.2, 0.25) is 0 Å². The standard InChI is InChI=1S/C13H17NO2S/c1-2-16-12-6-4-3-5-11(12)14-8-10(9-17)7-13(14)15/h3-6,10,17H,2,7-9H2,1H3. The quantitative estimate of drug-likeness (QED) is 0.833. The Hall–Kier alpha value is -1.16. The molecular weight excluding hydrogens is 234 g/mol. The van der Waals surface area contributed by atoms with Crippen molar-refractivity contribution in [1.29, 1.82) is 0 Å². The minimum atomic E-state index is 0.163. The van der Waals surface area contributed by atoms with Gasteiger partial charge in [0.05, 0.1) is 12.3 Å². The maximum absolute atomic E-state index is 11.9. The Balaban J connectivity index is 2.25. The van der Waals surface area contributed by atoms with Crippen LogP contribution in [0, 0.1) is 5.92 Å². The molecule has 0 aromatic heterocycles. The van der Waals surface area contributed by atoms with Crippen molar-refractivity contribution in [2.75, 3.05) is 23.8 Å². The van der Waals surface area contributed by atoms with E-state index in [-0.39, 0.29) is 5.91 Å². The van der Waals surface area contributed by atoms with Crippen LogP contribution in [0.1, 0.15) is 13.3 Å². The van der Waals surface area contributed by atoms with Crippen LogP contribution < -0.4 is 9.64 Å². The lowest BCUT2D eigenvalue weighted by atomic mass is 10.1. The Morgan fingerprint density at radius 3 is 2.88 bits per heavy atom. The second-order valence-electron chi connectivity index (χ2n) is 4.16. The first-order chi connectivity index (χ1) is 8.26. The van der Waals surface area contributed by atoms with Crippen LogP contribution in [0.4, 0.5) is 5.69 Å². The van der Waals surface area contributed by atoms with Crippen molar-refractivity contribution in [2.45, 2.75) is 13.3 Å². The van der Waals surface area contributed by atoms with Gasteiger partial charge in [-0.2, -0.15) is 12.6 Å². The summed E-state index contributed by atoms with van der Waals surface area (Å²) >= 11 is 4.27. The number of nitrogens with zero attached hydrogens (tertiary/aromatic N) is 1. The summed E-state index contributed by atoms with van der Waals surface area (Å²) in [5.41, 5.74) is 0.878. The number of rotatable bonds is 4. The zero-order chi connectivity index (χ0) is 12.3. The van der Waals surface area contributed by atoms with E-state index in [1.165, 1.54) is 0 Å². The van der Waals surface area contributed by atoms with Gasteiger partial charge >= 0.3 is 0 Å². The molecule has 0 saturated carbocycles. The third-order valence-electron chi connectivity index (χ3n) is 2.92. The predicted molar refractivity (Wildman–Crippen MR) is 71.9 cm³/mol. The lowest BCUT2D eigenvalue weighted by molar-refractivity contribution is -0.117. The number of anilines is 1. The molecule has 0 radical (unpaired) electrons. The molecule has 1 aliphatic heterocycles. The van der Waals surface area contributed by atoms with E-state index in [2.05, 4.69) is 12.6 Å². The topological polar surface area (TPSA) is 29.5 Å². The van der Waals surface area contributed by atoms with Crippen molar-refractivity contribution in [3.05, 3.63) is 24.3 Å². The second-order valence-corrected chi connectivity index (χ2v) is 4.52. The van der Waals surface area contributed by atoms with Crippen molar-refractivity contribution in [3.63, 3.8) is 0 Å². The van der Waals surface area contributed by atoms with E-state index in [0.29, 0.717) is 18.9 Å². The third-order valence-corrected chi connectivity index (χ3v) is 3.44. The van der Waals surface area contributed by atoms with E-state index in [1.807, 2.05) is 36.1 Å². The lowest BCUT2D eigenvalue weighted by Gasteiger charge is -2.19. The summed E-state index contributed by atoms with van der Waals surface area (Å²) < 4.78 is 5.55. The first kappa shape index (κ1) is 12.3. The van der Waals surface area contributed by atoms with E-state index in [9.17, 15) is 4.79 Å². The van der Waals surface area contributed by atoms with E-state index < -0.39 is 0 Å². The summed E-state index contributed by atoms with van der Waals surface area (Å²) in [5.74, 6) is 2.04. The van der Waals surface area contributed by atoms with Gasteiger partial charge in [-0.3, -0.25) is 4.79 Å². The molecule has 0 spiro atoms. The highest BCUT2D eigenvalue weighted by molar-refractivity contribution is 7.80. The van der Waals surface area contributed by atoms with Crippen LogP contribution in [0.3, 0.4) is 0 Å². The molecule has 2 rings (SSSR count). The normalized spacial score (nSPS) is 19.8. The summed E-state index contributed by atoms with van der Waals surface area (Å²) in [7, 11) is 0.